The molecule has 0 fully saturated rings. The zero-order valence-electron chi connectivity index (χ0n) is 5.88. The lowest BCUT2D eigenvalue weighted by Gasteiger charge is -2.08. The Morgan fingerprint density at radius 2 is 2.30 bits per heavy atom. The molecule has 2 unspecified atom stereocenters. The first kappa shape index (κ1) is 9.37. The molecule has 0 N–H and O–H groups in total. The largest absolute Gasteiger partial charge is 0.272 e. The second-order valence-electron chi connectivity index (χ2n) is 1.97. The van der Waals surface area contributed by atoms with E-state index in [1.165, 1.54) is 6.08 Å². The molecule has 0 aliphatic carbocycles. The number of hydrogen-bond donors (Lipinski definition) is 0. The van der Waals surface area contributed by atoms with Crippen molar-refractivity contribution in [2.45, 2.75) is 12.3 Å². The Hall–Kier alpha value is -0.630. The first-order valence-electron chi connectivity index (χ1n) is 2.90. The lowest BCUT2D eigenvalue weighted by molar-refractivity contribution is -0.120. The van der Waals surface area contributed by atoms with Gasteiger partial charge in [-0.25, -0.2) is 4.99 Å². The van der Waals surface area contributed by atoms with Crippen molar-refractivity contribution in [1.29, 1.82) is 0 Å². The molecule has 0 saturated heterocycles. The Bertz CT molecular complexity index is 156. The second-order valence-corrected chi connectivity index (χ2v) is 2.47. The van der Waals surface area contributed by atoms with E-state index in [9.17, 15) is 4.79 Å². The van der Waals surface area contributed by atoms with Gasteiger partial charge in [0, 0.05) is 0 Å². The molecular formula is C7H10ClNO. The fraction of sp³-hybridized carbons (Fsp3) is 0.429. The molecule has 0 spiro atoms. The van der Waals surface area contributed by atoms with Gasteiger partial charge in [0.1, 0.15) is 0 Å². The molecule has 1 amide bonds. The van der Waals surface area contributed by atoms with Crippen LogP contribution in [0.5, 0.6) is 0 Å². The highest BCUT2D eigenvalue weighted by Gasteiger charge is 2.17. The predicted octanol–water partition coefficient (Wildman–Crippen LogP) is 1.64. The van der Waals surface area contributed by atoms with E-state index in [-0.39, 0.29) is 17.2 Å². The Morgan fingerprint density at radius 3 is 2.60 bits per heavy atom. The summed E-state index contributed by atoms with van der Waals surface area (Å²) in [5.41, 5.74) is 0. The minimum atomic E-state index is -0.349. The van der Waals surface area contributed by atoms with Crippen molar-refractivity contribution in [3.63, 3.8) is 0 Å². The van der Waals surface area contributed by atoms with Gasteiger partial charge in [-0.1, -0.05) is 13.0 Å². The maximum atomic E-state index is 10.8. The fourth-order valence-electron chi connectivity index (χ4n) is 0.484. The van der Waals surface area contributed by atoms with Crippen LogP contribution in [-0.4, -0.2) is 18.0 Å². The molecule has 0 rings (SSSR count). The van der Waals surface area contributed by atoms with Crippen LogP contribution < -0.4 is 0 Å². The average Bonchev–Trinajstić information content (AvgIpc) is 2.00. The van der Waals surface area contributed by atoms with Gasteiger partial charge in [-0.2, -0.15) is 0 Å². The van der Waals surface area contributed by atoms with Crippen LogP contribution >= 0.6 is 11.6 Å². The predicted molar refractivity (Wildman–Crippen MR) is 43.6 cm³/mol. The monoisotopic (exact) mass is 159 g/mol. The minimum Gasteiger partial charge on any atom is -0.272 e. The number of carbonyl (C=O) groups is 1. The third-order valence-corrected chi connectivity index (χ3v) is 1.80. The molecule has 0 aliphatic heterocycles. The van der Waals surface area contributed by atoms with Crippen LogP contribution in [0.2, 0.25) is 0 Å². The van der Waals surface area contributed by atoms with Crippen molar-refractivity contribution < 1.29 is 4.79 Å². The maximum Gasteiger partial charge on any atom is 0.249 e. The van der Waals surface area contributed by atoms with Crippen LogP contribution in [-0.2, 0) is 4.79 Å². The zero-order valence-corrected chi connectivity index (χ0v) is 6.64. The zero-order chi connectivity index (χ0) is 8.15. The van der Waals surface area contributed by atoms with Gasteiger partial charge in [-0.3, -0.25) is 4.79 Å². The summed E-state index contributed by atoms with van der Waals surface area (Å²) in [4.78, 5) is 14.0. The Kier molecular flexibility index (Phi) is 3.96. The number of allylic oxidation sites excluding steroid dienone is 1. The van der Waals surface area contributed by atoms with Gasteiger partial charge in [0.15, 0.2) is 0 Å². The topological polar surface area (TPSA) is 29.4 Å². The highest BCUT2D eigenvalue weighted by molar-refractivity contribution is 6.23. The standard InChI is InChI=1S/C7H10ClNO/c1-4-6(8)5(2)7(10)9-3/h4-6H,1,3H2,2H3. The molecule has 56 valence electrons. The molecule has 0 heterocycles. The summed E-state index contributed by atoms with van der Waals surface area (Å²) in [6.07, 6.45) is 1.51. The van der Waals surface area contributed by atoms with E-state index in [4.69, 9.17) is 11.6 Å². The van der Waals surface area contributed by atoms with E-state index in [1.54, 1.807) is 6.92 Å². The first-order valence-corrected chi connectivity index (χ1v) is 3.34. The third kappa shape index (κ3) is 2.31. The van der Waals surface area contributed by atoms with Crippen molar-refractivity contribution in [3.05, 3.63) is 12.7 Å². The van der Waals surface area contributed by atoms with E-state index >= 15 is 0 Å². The molecule has 0 aromatic rings. The highest BCUT2D eigenvalue weighted by atomic mass is 35.5. The average molecular weight is 160 g/mol. The number of nitrogens with zero attached hydrogens (tertiary/aromatic N) is 1. The Morgan fingerprint density at radius 1 is 1.80 bits per heavy atom. The summed E-state index contributed by atoms with van der Waals surface area (Å²) in [7, 11) is 0. The van der Waals surface area contributed by atoms with Crippen LogP contribution in [0, 0.1) is 5.92 Å². The second kappa shape index (κ2) is 4.23. The number of aliphatic imine (C=N–C) groups is 1. The quantitative estimate of drug-likeness (QED) is 0.350. The van der Waals surface area contributed by atoms with Crippen LogP contribution in [0.3, 0.4) is 0 Å². The highest BCUT2D eigenvalue weighted by Crippen LogP contribution is 2.12. The van der Waals surface area contributed by atoms with Crippen LogP contribution in [0.4, 0.5) is 0 Å². The summed E-state index contributed by atoms with van der Waals surface area (Å²) in [5, 5.41) is -0.349. The van der Waals surface area contributed by atoms with Crippen LogP contribution in [0.1, 0.15) is 6.92 Å². The van der Waals surface area contributed by atoms with Gasteiger partial charge in [-0.05, 0) is 6.72 Å². The Labute approximate surface area is 65.6 Å². The third-order valence-electron chi connectivity index (χ3n) is 1.25. The lowest BCUT2D eigenvalue weighted by atomic mass is 10.1. The summed E-state index contributed by atoms with van der Waals surface area (Å²) in [6, 6.07) is 0. The molecule has 0 radical (unpaired) electrons. The first-order chi connectivity index (χ1) is 4.63. The molecule has 0 bridgehead atoms. The number of alkyl halides is 1. The van der Waals surface area contributed by atoms with E-state index in [0.717, 1.165) is 0 Å². The normalized spacial score (nSPS) is 15.4. The van der Waals surface area contributed by atoms with Gasteiger partial charge in [0.05, 0.1) is 11.3 Å². The molecule has 10 heavy (non-hydrogen) atoms. The number of halogens is 1. The number of carbonyl (C=O) groups excluding carboxylic acids is 1. The summed E-state index contributed by atoms with van der Waals surface area (Å²) in [6.45, 7) is 8.25. The maximum absolute atomic E-state index is 10.8. The lowest BCUT2D eigenvalue weighted by Crippen LogP contribution is -2.17. The summed E-state index contributed by atoms with van der Waals surface area (Å²) >= 11 is 5.66. The summed E-state index contributed by atoms with van der Waals surface area (Å²) < 4.78 is 0. The van der Waals surface area contributed by atoms with Crippen molar-refractivity contribution in [2.24, 2.45) is 10.9 Å². The van der Waals surface area contributed by atoms with Gasteiger partial charge in [-0.15, -0.1) is 18.2 Å². The van der Waals surface area contributed by atoms with Crippen molar-refractivity contribution >= 4 is 24.2 Å². The van der Waals surface area contributed by atoms with Gasteiger partial charge >= 0.3 is 0 Å². The molecule has 0 aliphatic rings. The molecule has 0 saturated carbocycles. The van der Waals surface area contributed by atoms with Gasteiger partial charge in [0.25, 0.3) is 0 Å². The molecule has 0 aromatic heterocycles. The van der Waals surface area contributed by atoms with Crippen molar-refractivity contribution in [1.82, 2.24) is 0 Å². The van der Waals surface area contributed by atoms with E-state index < -0.39 is 0 Å². The van der Waals surface area contributed by atoms with Crippen molar-refractivity contribution in [2.75, 3.05) is 0 Å². The van der Waals surface area contributed by atoms with Crippen LogP contribution in [0.15, 0.2) is 17.6 Å². The smallest absolute Gasteiger partial charge is 0.249 e. The fourth-order valence-corrected chi connectivity index (χ4v) is 0.592. The Balaban J connectivity index is 4.05. The van der Waals surface area contributed by atoms with Crippen LogP contribution in [0.25, 0.3) is 0 Å². The number of hydrogen-bond acceptors (Lipinski definition) is 1. The molecule has 0 aromatic carbocycles. The minimum absolute atomic E-state index is 0.292. The van der Waals surface area contributed by atoms with Gasteiger partial charge < -0.3 is 0 Å². The van der Waals surface area contributed by atoms with Crippen molar-refractivity contribution in [3.8, 4) is 0 Å². The molecule has 2 nitrogen and oxygen atoms in total. The van der Waals surface area contributed by atoms with Gasteiger partial charge in [0.2, 0.25) is 5.91 Å². The van der Waals surface area contributed by atoms with E-state index in [1.807, 2.05) is 0 Å². The molecule has 3 heteroatoms. The molecular weight excluding hydrogens is 150 g/mol. The van der Waals surface area contributed by atoms with E-state index in [0.29, 0.717) is 0 Å². The van der Waals surface area contributed by atoms with E-state index in [2.05, 4.69) is 18.3 Å². The number of rotatable bonds is 3. The summed E-state index contributed by atoms with van der Waals surface area (Å²) in [5.74, 6) is -0.614. The number of amides is 1. The molecule has 2 atom stereocenters. The SMILES string of the molecule is C=CC(Cl)C(C)C(=O)N=C.